The molecule has 0 radical (unpaired) electrons. The van der Waals surface area contributed by atoms with Crippen LogP contribution >= 0.6 is 0 Å². The normalized spacial score (nSPS) is 25.8. The molecule has 6 heterocycles. The Bertz CT molecular complexity index is 2020. The minimum Gasteiger partial charge on any atom is -0.508 e. The Hall–Kier alpha value is -4.31. The van der Waals surface area contributed by atoms with Crippen molar-refractivity contribution in [2.24, 2.45) is 5.41 Å². The number of phenols is 1. The lowest BCUT2D eigenvalue weighted by molar-refractivity contribution is -0.0273. The Balaban J connectivity index is 1.18. The second kappa shape index (κ2) is 11.1. The number of hydrogen-bond acceptors (Lipinski definition) is 10. The van der Waals surface area contributed by atoms with Gasteiger partial charge >= 0.3 is 6.01 Å². The average Bonchev–Trinajstić information content (AvgIpc) is 3.76. The summed E-state index contributed by atoms with van der Waals surface area (Å²) in [5, 5.41) is 15.4. The predicted octanol–water partition coefficient (Wildman–Crippen LogP) is 4.39. The average molecular weight is 655 g/mol. The van der Waals surface area contributed by atoms with Crippen LogP contribution in [-0.4, -0.2) is 95.2 Å². The smallest absolute Gasteiger partial charge is 0.319 e. The number of aromatic nitrogens is 3. The Morgan fingerprint density at radius 3 is 2.83 bits per heavy atom. The lowest BCUT2D eigenvalue weighted by Crippen LogP contribution is -2.60. The lowest BCUT2D eigenvalue weighted by atomic mass is 9.95. The van der Waals surface area contributed by atoms with Crippen LogP contribution in [0.25, 0.3) is 32.9 Å². The number of benzene rings is 2. The molecule has 0 amide bonds. The van der Waals surface area contributed by atoms with Gasteiger partial charge in [-0.2, -0.15) is 9.97 Å². The molecule has 4 fully saturated rings. The van der Waals surface area contributed by atoms with Gasteiger partial charge < -0.3 is 29.5 Å². The first kappa shape index (κ1) is 29.8. The van der Waals surface area contributed by atoms with Gasteiger partial charge in [-0.25, -0.2) is 13.8 Å². The number of hydrogen-bond donors (Lipinski definition) is 2. The van der Waals surface area contributed by atoms with E-state index in [0.717, 1.165) is 45.3 Å². The highest BCUT2D eigenvalue weighted by Gasteiger charge is 2.47. The highest BCUT2D eigenvalue weighted by atomic mass is 19.1. The molecule has 5 aliphatic rings. The summed E-state index contributed by atoms with van der Waals surface area (Å²) in [7, 11) is 0. The maximum atomic E-state index is 17.1. The van der Waals surface area contributed by atoms with Crippen molar-refractivity contribution in [1.82, 2.24) is 25.2 Å². The van der Waals surface area contributed by atoms with Gasteiger partial charge in [0.1, 0.15) is 40.6 Å². The van der Waals surface area contributed by atoms with E-state index < -0.39 is 11.6 Å². The quantitative estimate of drug-likeness (QED) is 0.291. The summed E-state index contributed by atoms with van der Waals surface area (Å²) in [6, 6.07) is 6.02. The van der Waals surface area contributed by atoms with Crippen LogP contribution in [0.4, 0.5) is 14.6 Å². The first-order valence-electron chi connectivity index (χ1n) is 16.7. The fraction of sp³-hybridized carbons (Fsp3) is 0.472. The Kier molecular flexibility index (Phi) is 6.90. The summed E-state index contributed by atoms with van der Waals surface area (Å²) in [6.07, 6.45) is 10.0. The fourth-order valence-corrected chi connectivity index (χ4v) is 8.16. The summed E-state index contributed by atoms with van der Waals surface area (Å²) in [5.41, 5.74) is -0.100. The summed E-state index contributed by atoms with van der Waals surface area (Å²) >= 11 is 0. The number of pyridine rings is 1. The van der Waals surface area contributed by atoms with Gasteiger partial charge in [0.25, 0.3) is 0 Å². The third-order valence-electron chi connectivity index (χ3n) is 10.7. The maximum Gasteiger partial charge on any atom is 0.319 e. The molecular formula is C36H36F2N6O4. The van der Waals surface area contributed by atoms with Crippen molar-refractivity contribution < 1.29 is 28.1 Å². The second-order valence-corrected chi connectivity index (χ2v) is 14.1. The van der Waals surface area contributed by atoms with Crippen molar-refractivity contribution in [1.29, 1.82) is 0 Å². The van der Waals surface area contributed by atoms with E-state index in [2.05, 4.69) is 32.9 Å². The van der Waals surface area contributed by atoms with Crippen LogP contribution in [0.1, 0.15) is 38.2 Å². The molecule has 4 atom stereocenters. The minimum atomic E-state index is -0.759. The van der Waals surface area contributed by atoms with E-state index in [4.69, 9.17) is 30.6 Å². The van der Waals surface area contributed by atoms with Gasteiger partial charge in [0.2, 0.25) is 5.88 Å². The van der Waals surface area contributed by atoms with Crippen molar-refractivity contribution in [3.8, 4) is 41.2 Å². The van der Waals surface area contributed by atoms with Gasteiger partial charge in [0, 0.05) is 54.6 Å². The van der Waals surface area contributed by atoms with Gasteiger partial charge in [-0.1, -0.05) is 12.0 Å². The minimum absolute atomic E-state index is 0.0106. The van der Waals surface area contributed by atoms with E-state index >= 15 is 4.39 Å². The van der Waals surface area contributed by atoms with Crippen LogP contribution in [0.2, 0.25) is 0 Å². The van der Waals surface area contributed by atoms with Crippen molar-refractivity contribution in [2.75, 3.05) is 50.9 Å². The number of piperazine rings is 1. The fourth-order valence-electron chi connectivity index (χ4n) is 8.16. The molecule has 2 N–H and O–H groups in total. The van der Waals surface area contributed by atoms with Crippen LogP contribution in [0.5, 0.6) is 17.6 Å². The van der Waals surface area contributed by atoms with Crippen LogP contribution in [-0.2, 0) is 4.74 Å². The first-order chi connectivity index (χ1) is 23.3. The van der Waals surface area contributed by atoms with E-state index in [1.807, 2.05) is 0 Å². The highest BCUT2D eigenvalue weighted by Crippen LogP contribution is 2.48. The van der Waals surface area contributed by atoms with Crippen LogP contribution in [0.3, 0.4) is 0 Å². The molecule has 10 nitrogen and oxygen atoms in total. The number of ether oxygens (including phenoxy) is 3. The SMILES string of the molecule is C#Cc1c(F)ccc2cc(O)cc(-c3nc4c5c(nc(OCC6(CN7CCO[C@@H](C)C7)CC6)nc5c3F)N3C[C@H]5CC[C@H](N5)[C@H]3CO4)c12. The largest absolute Gasteiger partial charge is 0.508 e. The molecule has 12 heteroatoms. The molecule has 2 aromatic heterocycles. The Morgan fingerprint density at radius 2 is 2.02 bits per heavy atom. The molecule has 3 saturated heterocycles. The molecule has 1 saturated carbocycles. The van der Waals surface area contributed by atoms with Gasteiger partial charge in [0.15, 0.2) is 5.82 Å². The maximum absolute atomic E-state index is 17.1. The van der Waals surface area contributed by atoms with Gasteiger partial charge in [-0.05, 0) is 56.2 Å². The number of nitrogens with zero attached hydrogens (tertiary/aromatic N) is 5. The number of phenolic OH excluding ortho intramolecular Hbond substituents is 1. The van der Waals surface area contributed by atoms with Crippen molar-refractivity contribution in [2.45, 2.75) is 56.8 Å². The molecule has 0 spiro atoms. The van der Waals surface area contributed by atoms with E-state index in [1.54, 1.807) is 0 Å². The standard InChI is InChI=1S/C36H36F2N6O4/c1-3-23-25(37)6-4-20-12-22(45)13-24(28(20)23)31-30(38)32-29-33(44-15-21-5-7-26(39-21)27(44)16-47-34(29)40-31)42-35(41-32)48-18-36(8-9-36)17-43-10-11-46-19(2)14-43/h1,4,6,12-13,19,21,26-27,39,45H,5,7-11,14-18H2,2H3/t19-,21+,26-,27+/m0/s1. The van der Waals surface area contributed by atoms with Crippen LogP contribution in [0.15, 0.2) is 24.3 Å². The number of nitrogens with one attached hydrogen (secondary N) is 1. The molecule has 4 aromatic rings. The molecule has 9 rings (SSSR count). The molecule has 1 aliphatic carbocycles. The number of anilines is 1. The number of morpholine rings is 1. The van der Waals surface area contributed by atoms with Crippen LogP contribution < -0.4 is 19.7 Å². The third-order valence-corrected chi connectivity index (χ3v) is 10.7. The number of fused-ring (bicyclic) bond motifs is 6. The Labute approximate surface area is 276 Å². The third kappa shape index (κ3) is 4.90. The predicted molar refractivity (Wildman–Crippen MR) is 175 cm³/mol. The molecule has 48 heavy (non-hydrogen) atoms. The molecule has 2 aromatic carbocycles. The summed E-state index contributed by atoms with van der Waals surface area (Å²) < 4.78 is 50.5. The number of halogens is 2. The Morgan fingerprint density at radius 1 is 1.15 bits per heavy atom. The van der Waals surface area contributed by atoms with Gasteiger partial charge in [-0.15, -0.1) is 6.42 Å². The van der Waals surface area contributed by atoms with Crippen molar-refractivity contribution >= 4 is 27.5 Å². The van der Waals surface area contributed by atoms with E-state index in [1.165, 1.54) is 24.3 Å². The molecule has 0 unspecified atom stereocenters. The van der Waals surface area contributed by atoms with Crippen LogP contribution in [0, 0.1) is 29.4 Å². The topological polar surface area (TPSA) is 105 Å². The highest BCUT2D eigenvalue weighted by molar-refractivity contribution is 6.04. The van der Waals surface area contributed by atoms with Gasteiger partial charge in [0.05, 0.1) is 30.9 Å². The zero-order valence-corrected chi connectivity index (χ0v) is 26.6. The number of rotatable bonds is 6. The summed E-state index contributed by atoms with van der Waals surface area (Å²) in [6.45, 7) is 6.85. The number of terminal acetylenes is 1. The van der Waals surface area contributed by atoms with E-state index in [-0.39, 0.29) is 75.0 Å². The molecule has 2 bridgehead atoms. The second-order valence-electron chi connectivity index (χ2n) is 14.1. The zero-order valence-electron chi connectivity index (χ0n) is 26.6. The van der Waals surface area contributed by atoms with E-state index in [0.29, 0.717) is 43.0 Å². The summed E-state index contributed by atoms with van der Waals surface area (Å²) in [4.78, 5) is 18.9. The van der Waals surface area contributed by atoms with Crippen molar-refractivity contribution in [3.63, 3.8) is 0 Å². The monoisotopic (exact) mass is 654 g/mol. The first-order valence-corrected chi connectivity index (χ1v) is 16.7. The van der Waals surface area contributed by atoms with E-state index in [9.17, 15) is 9.50 Å². The summed E-state index contributed by atoms with van der Waals surface area (Å²) in [5.74, 6) is 1.57. The number of aromatic hydroxyl groups is 1. The molecule has 4 aliphatic heterocycles. The molecule has 248 valence electrons. The zero-order chi connectivity index (χ0) is 32.7. The lowest BCUT2D eigenvalue weighted by Gasteiger charge is -2.40. The van der Waals surface area contributed by atoms with Gasteiger partial charge in [-0.3, -0.25) is 4.90 Å². The molecular weight excluding hydrogens is 618 g/mol. The van der Waals surface area contributed by atoms with Crippen molar-refractivity contribution in [3.05, 3.63) is 41.5 Å².